The van der Waals surface area contributed by atoms with E-state index in [1.165, 1.54) is 22.1 Å². The van der Waals surface area contributed by atoms with E-state index in [-0.39, 0.29) is 12.5 Å². The lowest BCUT2D eigenvalue weighted by Crippen LogP contribution is -2.39. The molecule has 0 fully saturated rings. The van der Waals surface area contributed by atoms with Crippen molar-refractivity contribution in [3.63, 3.8) is 0 Å². The number of aliphatic hydroxyl groups is 1. The first kappa shape index (κ1) is 16.1. The van der Waals surface area contributed by atoms with E-state index in [1.807, 2.05) is 9.47 Å². The first-order valence-electron chi connectivity index (χ1n) is 8.61. The van der Waals surface area contributed by atoms with Crippen LogP contribution in [0.4, 0.5) is 0 Å². The summed E-state index contributed by atoms with van der Waals surface area (Å²) >= 11 is 0. The maximum atomic E-state index is 13.0. The Morgan fingerprint density at radius 3 is 2.61 bits per heavy atom. The second kappa shape index (κ2) is 6.36. The fourth-order valence-electron chi connectivity index (χ4n) is 3.79. The molecule has 0 radical (unpaired) electrons. The summed E-state index contributed by atoms with van der Waals surface area (Å²) in [6.45, 7) is 8.50. The van der Waals surface area contributed by atoms with Gasteiger partial charge in [0.15, 0.2) is 0 Å². The molecule has 1 amide bonds. The number of unbranched alkanes of at least 4 members (excludes halogenated alkanes) is 1. The number of carbonyl (C=O) groups excluding carboxylic acids is 1. The third kappa shape index (κ3) is 2.55. The van der Waals surface area contributed by atoms with E-state index >= 15 is 0 Å². The molecule has 4 nitrogen and oxygen atoms in total. The smallest absolute Gasteiger partial charge is 0.270 e. The molecular formula is C19H26N2O2. The molecule has 1 aliphatic rings. The monoisotopic (exact) mass is 314 g/mol. The van der Waals surface area contributed by atoms with Crippen molar-refractivity contribution in [3.8, 4) is 0 Å². The van der Waals surface area contributed by atoms with Crippen LogP contribution in [0.1, 0.15) is 46.9 Å². The average molecular weight is 314 g/mol. The van der Waals surface area contributed by atoms with Crippen LogP contribution in [-0.2, 0) is 13.0 Å². The Kier molecular flexibility index (Phi) is 4.44. The van der Waals surface area contributed by atoms with E-state index in [0.717, 1.165) is 43.6 Å². The molecule has 0 bridgehead atoms. The summed E-state index contributed by atoms with van der Waals surface area (Å²) in [4.78, 5) is 15.0. The van der Waals surface area contributed by atoms with Crippen LogP contribution in [0.5, 0.6) is 0 Å². The van der Waals surface area contributed by atoms with E-state index in [9.17, 15) is 9.90 Å². The number of benzene rings is 1. The molecule has 2 aromatic rings. The van der Waals surface area contributed by atoms with Crippen LogP contribution >= 0.6 is 0 Å². The number of nitrogens with zero attached hydrogens (tertiary/aromatic N) is 2. The van der Waals surface area contributed by atoms with Crippen molar-refractivity contribution in [1.29, 1.82) is 0 Å². The second-order valence-corrected chi connectivity index (χ2v) is 6.52. The Balaban J connectivity index is 2.20. The second-order valence-electron chi connectivity index (χ2n) is 6.52. The third-order valence-corrected chi connectivity index (χ3v) is 4.94. The van der Waals surface area contributed by atoms with Gasteiger partial charge in [-0.2, -0.15) is 0 Å². The lowest BCUT2D eigenvalue weighted by Gasteiger charge is -2.28. The van der Waals surface area contributed by atoms with Gasteiger partial charge in [-0.15, -0.1) is 0 Å². The number of fused-ring (bicyclic) bond motifs is 3. The van der Waals surface area contributed by atoms with Crippen LogP contribution in [0, 0.1) is 13.8 Å². The molecule has 0 saturated carbocycles. The van der Waals surface area contributed by atoms with Crippen molar-refractivity contribution in [2.24, 2.45) is 0 Å². The lowest BCUT2D eigenvalue weighted by molar-refractivity contribution is 0.0725. The van der Waals surface area contributed by atoms with Crippen LogP contribution in [0.3, 0.4) is 0 Å². The van der Waals surface area contributed by atoms with Gasteiger partial charge in [-0.25, -0.2) is 0 Å². The molecule has 1 aromatic heterocycles. The van der Waals surface area contributed by atoms with E-state index < -0.39 is 0 Å². The van der Waals surface area contributed by atoms with E-state index in [1.54, 1.807) is 0 Å². The third-order valence-electron chi connectivity index (χ3n) is 4.94. The summed E-state index contributed by atoms with van der Waals surface area (Å²) in [5, 5.41) is 10.7. The SMILES string of the molecule is CCCCN1CCc2c(n(CCO)c3c(C)ccc(C)c23)C1=O. The van der Waals surface area contributed by atoms with E-state index in [0.29, 0.717) is 6.54 Å². The number of carbonyl (C=O) groups is 1. The molecule has 0 aliphatic carbocycles. The molecule has 3 rings (SSSR count). The molecular weight excluding hydrogens is 288 g/mol. The number of aromatic nitrogens is 1. The molecule has 0 atom stereocenters. The number of aryl methyl sites for hydroxylation is 2. The predicted octanol–water partition coefficient (Wildman–Crippen LogP) is 3.05. The molecule has 1 aromatic carbocycles. The minimum Gasteiger partial charge on any atom is -0.395 e. The van der Waals surface area contributed by atoms with Gasteiger partial charge in [-0.1, -0.05) is 25.5 Å². The minimum absolute atomic E-state index is 0.0475. The molecule has 1 aliphatic heterocycles. The standard InChI is InChI=1S/C19H26N2O2/c1-4-5-9-20-10-8-15-16-13(2)6-7-14(3)17(16)21(11-12-22)18(15)19(20)23/h6-7,22H,4-5,8-12H2,1-3H3. The van der Waals surface area contributed by atoms with Crippen LogP contribution in [-0.4, -0.2) is 40.2 Å². The summed E-state index contributed by atoms with van der Waals surface area (Å²) in [5.41, 5.74) is 5.48. The van der Waals surface area contributed by atoms with Gasteiger partial charge in [0, 0.05) is 25.0 Å². The maximum absolute atomic E-state index is 13.0. The van der Waals surface area contributed by atoms with Crippen LogP contribution in [0.2, 0.25) is 0 Å². The van der Waals surface area contributed by atoms with Gasteiger partial charge < -0.3 is 14.6 Å². The molecule has 0 spiro atoms. The van der Waals surface area contributed by atoms with Gasteiger partial charge >= 0.3 is 0 Å². The average Bonchev–Trinajstić information content (AvgIpc) is 2.87. The molecule has 23 heavy (non-hydrogen) atoms. The molecule has 124 valence electrons. The summed E-state index contributed by atoms with van der Waals surface area (Å²) in [6.07, 6.45) is 3.04. The van der Waals surface area contributed by atoms with Crippen LogP contribution in [0.25, 0.3) is 10.9 Å². The molecule has 0 unspecified atom stereocenters. The largest absolute Gasteiger partial charge is 0.395 e. The van der Waals surface area contributed by atoms with Crippen molar-refractivity contribution in [1.82, 2.24) is 9.47 Å². The van der Waals surface area contributed by atoms with Gasteiger partial charge in [0.05, 0.1) is 12.1 Å². The first-order chi connectivity index (χ1) is 11.1. The van der Waals surface area contributed by atoms with E-state index in [4.69, 9.17) is 0 Å². The summed E-state index contributed by atoms with van der Waals surface area (Å²) in [6, 6.07) is 4.24. The Morgan fingerprint density at radius 2 is 1.91 bits per heavy atom. The highest BCUT2D eigenvalue weighted by atomic mass is 16.3. The van der Waals surface area contributed by atoms with Gasteiger partial charge in [-0.3, -0.25) is 4.79 Å². The predicted molar refractivity (Wildman–Crippen MR) is 93.0 cm³/mol. The van der Waals surface area contributed by atoms with Gasteiger partial charge in [-0.05, 0) is 43.4 Å². The Hall–Kier alpha value is -1.81. The van der Waals surface area contributed by atoms with E-state index in [2.05, 4.69) is 32.9 Å². The van der Waals surface area contributed by atoms with Gasteiger partial charge in [0.1, 0.15) is 5.69 Å². The first-order valence-corrected chi connectivity index (χ1v) is 8.61. The van der Waals surface area contributed by atoms with Crippen LogP contribution in [0.15, 0.2) is 12.1 Å². The van der Waals surface area contributed by atoms with Crippen LogP contribution < -0.4 is 0 Å². The van der Waals surface area contributed by atoms with Crippen molar-refractivity contribution in [2.75, 3.05) is 19.7 Å². The zero-order valence-corrected chi connectivity index (χ0v) is 14.4. The Morgan fingerprint density at radius 1 is 1.17 bits per heavy atom. The molecule has 2 heterocycles. The van der Waals surface area contributed by atoms with Crippen molar-refractivity contribution < 1.29 is 9.90 Å². The Labute approximate surface area is 137 Å². The Bertz CT molecular complexity index is 746. The minimum atomic E-state index is 0.0475. The maximum Gasteiger partial charge on any atom is 0.270 e. The highest BCUT2D eigenvalue weighted by Gasteiger charge is 2.31. The summed E-state index contributed by atoms with van der Waals surface area (Å²) in [7, 11) is 0. The number of aliphatic hydroxyl groups excluding tert-OH is 1. The zero-order valence-electron chi connectivity index (χ0n) is 14.4. The normalized spacial score (nSPS) is 14.6. The molecule has 4 heteroatoms. The molecule has 1 N–H and O–H groups in total. The highest BCUT2D eigenvalue weighted by Crippen LogP contribution is 2.34. The number of hydrogen-bond donors (Lipinski definition) is 1. The number of rotatable bonds is 5. The van der Waals surface area contributed by atoms with Crippen molar-refractivity contribution in [2.45, 2.75) is 46.6 Å². The fourth-order valence-corrected chi connectivity index (χ4v) is 3.79. The lowest BCUT2D eigenvalue weighted by atomic mass is 9.98. The summed E-state index contributed by atoms with van der Waals surface area (Å²) < 4.78 is 2.05. The fraction of sp³-hybridized carbons (Fsp3) is 0.526. The molecule has 0 saturated heterocycles. The van der Waals surface area contributed by atoms with Crippen molar-refractivity contribution >= 4 is 16.8 Å². The summed E-state index contributed by atoms with van der Waals surface area (Å²) in [5.74, 6) is 0.128. The number of amides is 1. The number of hydrogen-bond acceptors (Lipinski definition) is 2. The van der Waals surface area contributed by atoms with Crippen molar-refractivity contribution in [3.05, 3.63) is 34.5 Å². The van der Waals surface area contributed by atoms with Gasteiger partial charge in [0.25, 0.3) is 5.91 Å². The zero-order chi connectivity index (χ0) is 16.6. The van der Waals surface area contributed by atoms with Gasteiger partial charge in [0.2, 0.25) is 0 Å². The topological polar surface area (TPSA) is 45.5 Å². The quantitative estimate of drug-likeness (QED) is 0.922. The highest BCUT2D eigenvalue weighted by molar-refractivity contribution is 6.04.